The molecule has 1 aromatic carbocycles. The predicted molar refractivity (Wildman–Crippen MR) is 55.9 cm³/mol. The van der Waals surface area contributed by atoms with Gasteiger partial charge in [-0.05, 0) is 25.1 Å². The molecule has 1 heterocycles. The largest absolute Gasteiger partial charge is 0.384 e. The maximum absolute atomic E-state index is 13.2. The molecule has 1 aromatic heterocycles. The van der Waals surface area contributed by atoms with Crippen molar-refractivity contribution in [3.63, 3.8) is 0 Å². The van der Waals surface area contributed by atoms with Crippen LogP contribution in [-0.4, -0.2) is 4.98 Å². The van der Waals surface area contributed by atoms with E-state index in [1.807, 2.05) is 0 Å². The minimum absolute atomic E-state index is 0.299. The number of fused-ring (bicyclic) bond motifs is 1. The van der Waals surface area contributed by atoms with Gasteiger partial charge in [-0.25, -0.2) is 9.37 Å². The van der Waals surface area contributed by atoms with Crippen LogP contribution < -0.4 is 5.73 Å². The molecule has 0 aliphatic carbocycles. The van der Waals surface area contributed by atoms with Crippen LogP contribution in [0.4, 0.5) is 10.2 Å². The minimum atomic E-state index is -0.299. The molecule has 2 N–H and O–H groups in total. The number of anilines is 1. The zero-order valence-electron chi connectivity index (χ0n) is 7.51. The zero-order valence-corrected chi connectivity index (χ0v) is 8.27. The Hall–Kier alpha value is -1.35. The normalized spacial score (nSPS) is 10.8. The molecular weight excluding hydrogens is 203 g/mol. The van der Waals surface area contributed by atoms with E-state index in [9.17, 15) is 4.39 Å². The Kier molecular flexibility index (Phi) is 2.04. The first-order valence-electron chi connectivity index (χ1n) is 4.10. The summed E-state index contributed by atoms with van der Waals surface area (Å²) in [5.74, 6) is 0.00265. The summed E-state index contributed by atoms with van der Waals surface area (Å²) in [6, 6.07) is 4.54. The Morgan fingerprint density at radius 3 is 2.86 bits per heavy atom. The second-order valence-corrected chi connectivity index (χ2v) is 3.50. The van der Waals surface area contributed by atoms with Crippen LogP contribution in [0, 0.1) is 12.7 Å². The van der Waals surface area contributed by atoms with Crippen molar-refractivity contribution in [3.8, 4) is 0 Å². The van der Waals surface area contributed by atoms with Crippen molar-refractivity contribution in [1.82, 2.24) is 4.98 Å². The molecule has 0 aliphatic rings. The van der Waals surface area contributed by atoms with Crippen molar-refractivity contribution >= 4 is 28.3 Å². The van der Waals surface area contributed by atoms with Crippen molar-refractivity contribution in [2.75, 3.05) is 5.73 Å². The maximum Gasteiger partial charge on any atom is 0.128 e. The van der Waals surface area contributed by atoms with Gasteiger partial charge in [0.15, 0.2) is 0 Å². The molecule has 2 nitrogen and oxygen atoms in total. The third-order valence-electron chi connectivity index (χ3n) is 2.14. The fraction of sp³-hybridized carbons (Fsp3) is 0.100. The van der Waals surface area contributed by atoms with Crippen LogP contribution in [0.5, 0.6) is 0 Å². The third kappa shape index (κ3) is 1.30. The molecule has 0 spiro atoms. The molecule has 4 heteroatoms. The Morgan fingerprint density at radius 1 is 1.43 bits per heavy atom. The number of halogens is 2. The Labute approximate surface area is 85.5 Å². The molecule has 0 atom stereocenters. The predicted octanol–water partition coefficient (Wildman–Crippen LogP) is 2.92. The van der Waals surface area contributed by atoms with Gasteiger partial charge in [0.1, 0.15) is 11.6 Å². The first kappa shape index (κ1) is 9.21. The van der Waals surface area contributed by atoms with E-state index in [4.69, 9.17) is 17.3 Å². The molecule has 14 heavy (non-hydrogen) atoms. The van der Waals surface area contributed by atoms with Crippen molar-refractivity contribution in [3.05, 3.63) is 34.6 Å². The molecule has 0 saturated carbocycles. The van der Waals surface area contributed by atoms with Crippen LogP contribution in [0.1, 0.15) is 5.56 Å². The van der Waals surface area contributed by atoms with Gasteiger partial charge in [0.05, 0.1) is 10.5 Å². The minimum Gasteiger partial charge on any atom is -0.384 e. The van der Waals surface area contributed by atoms with Crippen LogP contribution >= 0.6 is 11.6 Å². The van der Waals surface area contributed by atoms with Crippen LogP contribution in [-0.2, 0) is 0 Å². The van der Waals surface area contributed by atoms with E-state index in [2.05, 4.69) is 4.98 Å². The number of hydrogen-bond donors (Lipinski definition) is 1. The van der Waals surface area contributed by atoms with Gasteiger partial charge in [-0.3, -0.25) is 0 Å². The van der Waals surface area contributed by atoms with Crippen LogP contribution in [0.25, 0.3) is 10.9 Å². The van der Waals surface area contributed by atoms with Crippen molar-refractivity contribution in [2.24, 2.45) is 0 Å². The van der Waals surface area contributed by atoms with Crippen molar-refractivity contribution in [1.29, 1.82) is 0 Å². The smallest absolute Gasteiger partial charge is 0.128 e. The van der Waals surface area contributed by atoms with E-state index in [0.29, 0.717) is 21.9 Å². The highest BCUT2D eigenvalue weighted by Gasteiger charge is 2.07. The summed E-state index contributed by atoms with van der Waals surface area (Å²) in [5, 5.41) is 1.22. The summed E-state index contributed by atoms with van der Waals surface area (Å²) < 4.78 is 13.2. The lowest BCUT2D eigenvalue weighted by Crippen LogP contribution is -1.94. The van der Waals surface area contributed by atoms with Crippen molar-refractivity contribution < 1.29 is 4.39 Å². The monoisotopic (exact) mass is 210 g/mol. The molecule has 0 saturated heterocycles. The molecule has 0 radical (unpaired) electrons. The van der Waals surface area contributed by atoms with E-state index in [0.717, 1.165) is 5.39 Å². The van der Waals surface area contributed by atoms with Gasteiger partial charge in [0, 0.05) is 10.9 Å². The van der Waals surface area contributed by atoms with Crippen LogP contribution in [0.3, 0.4) is 0 Å². The lowest BCUT2D eigenvalue weighted by atomic mass is 10.1. The SMILES string of the molecule is Cc1c(F)ccc2c(Cl)cc(N)nc12. The van der Waals surface area contributed by atoms with E-state index < -0.39 is 0 Å². The van der Waals surface area contributed by atoms with Crippen molar-refractivity contribution in [2.45, 2.75) is 6.92 Å². The maximum atomic E-state index is 13.2. The van der Waals surface area contributed by atoms with Gasteiger partial charge in [-0.1, -0.05) is 11.6 Å². The lowest BCUT2D eigenvalue weighted by molar-refractivity contribution is 0.620. The number of nitrogens with two attached hydrogens (primary N) is 1. The second kappa shape index (κ2) is 3.10. The molecule has 2 rings (SSSR count). The third-order valence-corrected chi connectivity index (χ3v) is 2.45. The molecule has 0 bridgehead atoms. The van der Waals surface area contributed by atoms with Gasteiger partial charge in [-0.15, -0.1) is 0 Å². The molecular formula is C10H8ClFN2. The number of aryl methyl sites for hydroxylation is 1. The summed E-state index contributed by atoms with van der Waals surface area (Å²) in [6.45, 7) is 1.65. The standard InChI is InChI=1S/C10H8ClFN2/c1-5-8(12)3-2-6-7(11)4-9(13)14-10(5)6/h2-4H,1H3,(H2,13,14). The first-order valence-corrected chi connectivity index (χ1v) is 4.48. The molecule has 2 aromatic rings. The number of benzene rings is 1. The molecule has 0 fully saturated rings. The summed E-state index contributed by atoms with van der Waals surface area (Å²) in [6.07, 6.45) is 0. The highest BCUT2D eigenvalue weighted by atomic mass is 35.5. The van der Waals surface area contributed by atoms with Gasteiger partial charge in [-0.2, -0.15) is 0 Å². The lowest BCUT2D eigenvalue weighted by Gasteiger charge is -2.05. The second-order valence-electron chi connectivity index (χ2n) is 3.10. The summed E-state index contributed by atoms with van der Waals surface area (Å²) in [5.41, 5.74) is 6.52. The zero-order chi connectivity index (χ0) is 10.3. The van der Waals surface area contributed by atoms with E-state index in [1.165, 1.54) is 6.07 Å². The number of rotatable bonds is 0. The number of aromatic nitrogens is 1. The van der Waals surface area contributed by atoms with E-state index in [1.54, 1.807) is 19.1 Å². The fourth-order valence-electron chi connectivity index (χ4n) is 1.38. The molecule has 0 amide bonds. The fourth-order valence-corrected chi connectivity index (χ4v) is 1.65. The summed E-state index contributed by atoms with van der Waals surface area (Å²) in [4.78, 5) is 4.05. The van der Waals surface area contributed by atoms with Gasteiger partial charge in [0.2, 0.25) is 0 Å². The van der Waals surface area contributed by atoms with Crippen LogP contribution in [0.15, 0.2) is 18.2 Å². The van der Waals surface area contributed by atoms with Crippen LogP contribution in [0.2, 0.25) is 5.02 Å². The Bertz CT molecular complexity index is 511. The van der Waals surface area contributed by atoms with E-state index in [-0.39, 0.29) is 5.82 Å². The average Bonchev–Trinajstić information content (AvgIpc) is 2.12. The summed E-state index contributed by atoms with van der Waals surface area (Å²) >= 11 is 5.94. The summed E-state index contributed by atoms with van der Waals surface area (Å²) in [7, 11) is 0. The molecule has 0 aliphatic heterocycles. The number of nitrogen functional groups attached to an aromatic ring is 1. The highest BCUT2D eigenvalue weighted by molar-refractivity contribution is 6.35. The topological polar surface area (TPSA) is 38.9 Å². The molecule has 72 valence electrons. The Morgan fingerprint density at radius 2 is 2.14 bits per heavy atom. The number of pyridine rings is 1. The van der Waals surface area contributed by atoms with Gasteiger partial charge < -0.3 is 5.73 Å². The van der Waals surface area contributed by atoms with E-state index >= 15 is 0 Å². The number of hydrogen-bond acceptors (Lipinski definition) is 2. The Balaban J connectivity index is 2.95. The quantitative estimate of drug-likeness (QED) is 0.726. The number of nitrogens with zero attached hydrogens (tertiary/aromatic N) is 1. The highest BCUT2D eigenvalue weighted by Crippen LogP contribution is 2.27. The average molecular weight is 211 g/mol. The molecule has 0 unspecified atom stereocenters. The van der Waals surface area contributed by atoms with Gasteiger partial charge >= 0.3 is 0 Å². The van der Waals surface area contributed by atoms with Gasteiger partial charge in [0.25, 0.3) is 0 Å². The first-order chi connectivity index (χ1) is 6.59.